The lowest BCUT2D eigenvalue weighted by Crippen LogP contribution is -2.46. The van der Waals surface area contributed by atoms with Crippen LogP contribution in [0.15, 0.2) is 67.3 Å². The third-order valence-electron chi connectivity index (χ3n) is 4.04. The summed E-state index contributed by atoms with van der Waals surface area (Å²) in [7, 11) is 0. The topological polar surface area (TPSA) is 111 Å². The van der Waals surface area contributed by atoms with Crippen molar-refractivity contribution in [1.82, 2.24) is 5.32 Å². The fourth-order valence-electron chi connectivity index (χ4n) is 2.59. The van der Waals surface area contributed by atoms with E-state index < -0.39 is 30.8 Å². The number of esters is 1. The Kier molecular flexibility index (Phi) is 9.25. The van der Waals surface area contributed by atoms with Gasteiger partial charge in [0.2, 0.25) is 0 Å². The molecular weight excluding hydrogens is 402 g/mol. The number of amides is 1. The largest absolute Gasteiger partial charge is 0.459 e. The summed E-state index contributed by atoms with van der Waals surface area (Å²) in [4.78, 5) is 35.6. The predicted molar refractivity (Wildman–Crippen MR) is 113 cm³/mol. The molecule has 0 saturated carbocycles. The molecule has 31 heavy (non-hydrogen) atoms. The molecule has 0 fully saturated rings. The molecule has 0 aromatic heterocycles. The van der Waals surface area contributed by atoms with E-state index in [0.29, 0.717) is 11.5 Å². The Bertz CT molecular complexity index is 898. The van der Waals surface area contributed by atoms with E-state index in [-0.39, 0.29) is 24.4 Å². The van der Waals surface area contributed by atoms with Crippen LogP contribution < -0.4 is 10.1 Å². The van der Waals surface area contributed by atoms with Gasteiger partial charge in [0.25, 0.3) is 0 Å². The summed E-state index contributed by atoms with van der Waals surface area (Å²) < 4.78 is 15.6. The van der Waals surface area contributed by atoms with Crippen molar-refractivity contribution in [3.63, 3.8) is 0 Å². The zero-order chi connectivity index (χ0) is 22.6. The number of benzene rings is 2. The van der Waals surface area contributed by atoms with Crippen LogP contribution in [0.2, 0.25) is 0 Å². The summed E-state index contributed by atoms with van der Waals surface area (Å²) in [5.74, 6) is 0.116. The lowest BCUT2D eigenvalue weighted by molar-refractivity contribution is -0.118. The van der Waals surface area contributed by atoms with Crippen molar-refractivity contribution in [2.75, 3.05) is 13.2 Å². The van der Waals surface area contributed by atoms with Crippen LogP contribution in [0.4, 0.5) is 4.79 Å². The van der Waals surface area contributed by atoms with Crippen molar-refractivity contribution < 1.29 is 33.7 Å². The maximum Gasteiger partial charge on any atom is 0.407 e. The van der Waals surface area contributed by atoms with Gasteiger partial charge in [0.1, 0.15) is 36.6 Å². The molecule has 1 unspecified atom stereocenters. The molecule has 0 bridgehead atoms. The van der Waals surface area contributed by atoms with Gasteiger partial charge in [0.05, 0.1) is 11.6 Å². The highest BCUT2D eigenvalue weighted by atomic mass is 16.6. The Morgan fingerprint density at radius 3 is 2.45 bits per heavy atom. The van der Waals surface area contributed by atoms with Crippen LogP contribution in [0.5, 0.6) is 11.5 Å². The molecular formula is C23H25NO7. The summed E-state index contributed by atoms with van der Waals surface area (Å²) >= 11 is 0. The first-order chi connectivity index (χ1) is 14.9. The SMILES string of the molecule is C=CCOC(=O)N[C@@H](CC(C)=O)C(O)COC(=O)c1cccc(Oc2ccccc2)c1. The van der Waals surface area contributed by atoms with Crippen LogP contribution in [0.1, 0.15) is 23.7 Å². The number of hydrogen-bond acceptors (Lipinski definition) is 7. The quantitative estimate of drug-likeness (QED) is 0.418. The second-order valence-electron chi connectivity index (χ2n) is 6.65. The smallest absolute Gasteiger partial charge is 0.407 e. The fourth-order valence-corrected chi connectivity index (χ4v) is 2.59. The third kappa shape index (κ3) is 8.31. The van der Waals surface area contributed by atoms with Gasteiger partial charge in [-0.2, -0.15) is 0 Å². The Hall–Kier alpha value is -3.65. The number of hydrogen-bond donors (Lipinski definition) is 2. The highest BCUT2D eigenvalue weighted by Gasteiger charge is 2.25. The number of aliphatic hydroxyl groups is 1. The van der Waals surface area contributed by atoms with Gasteiger partial charge in [-0.1, -0.05) is 36.9 Å². The average Bonchev–Trinajstić information content (AvgIpc) is 2.76. The molecule has 0 aliphatic heterocycles. The lowest BCUT2D eigenvalue weighted by atomic mass is 10.1. The molecule has 8 nitrogen and oxygen atoms in total. The number of aliphatic hydroxyl groups excluding tert-OH is 1. The highest BCUT2D eigenvalue weighted by Crippen LogP contribution is 2.22. The van der Waals surface area contributed by atoms with Crippen molar-refractivity contribution in [1.29, 1.82) is 0 Å². The monoisotopic (exact) mass is 427 g/mol. The molecule has 8 heteroatoms. The van der Waals surface area contributed by atoms with E-state index in [0.717, 1.165) is 0 Å². The third-order valence-corrected chi connectivity index (χ3v) is 4.04. The fraction of sp³-hybridized carbons (Fsp3) is 0.261. The first-order valence-electron chi connectivity index (χ1n) is 9.61. The average molecular weight is 427 g/mol. The van der Waals surface area contributed by atoms with E-state index >= 15 is 0 Å². The molecule has 2 N–H and O–H groups in total. The van der Waals surface area contributed by atoms with E-state index in [1.54, 1.807) is 30.3 Å². The minimum atomic E-state index is -1.31. The van der Waals surface area contributed by atoms with Crippen molar-refractivity contribution in [3.05, 3.63) is 72.8 Å². The van der Waals surface area contributed by atoms with Gasteiger partial charge >= 0.3 is 12.1 Å². The van der Waals surface area contributed by atoms with Crippen LogP contribution >= 0.6 is 0 Å². The van der Waals surface area contributed by atoms with Gasteiger partial charge in [-0.3, -0.25) is 4.79 Å². The number of para-hydroxylation sites is 1. The molecule has 2 atom stereocenters. The van der Waals surface area contributed by atoms with E-state index in [1.165, 1.54) is 19.1 Å². The number of ketones is 1. The van der Waals surface area contributed by atoms with Crippen molar-refractivity contribution in [2.45, 2.75) is 25.5 Å². The normalized spacial score (nSPS) is 12.2. The number of nitrogens with one attached hydrogen (secondary N) is 1. The van der Waals surface area contributed by atoms with Gasteiger partial charge in [0.15, 0.2) is 0 Å². The number of carbonyl (C=O) groups is 3. The maximum absolute atomic E-state index is 12.4. The summed E-state index contributed by atoms with van der Waals surface area (Å²) in [5.41, 5.74) is 0.224. The summed E-state index contributed by atoms with van der Waals surface area (Å²) in [5, 5.41) is 12.7. The van der Waals surface area contributed by atoms with E-state index in [1.807, 2.05) is 18.2 Å². The highest BCUT2D eigenvalue weighted by molar-refractivity contribution is 5.89. The summed E-state index contributed by atoms with van der Waals surface area (Å²) in [6.07, 6.45) is -0.898. The second-order valence-corrected chi connectivity index (χ2v) is 6.65. The minimum absolute atomic E-state index is 0.0227. The van der Waals surface area contributed by atoms with E-state index in [2.05, 4.69) is 11.9 Å². The molecule has 0 heterocycles. The second kappa shape index (κ2) is 12.1. The molecule has 2 aromatic rings. The van der Waals surface area contributed by atoms with E-state index in [9.17, 15) is 19.5 Å². The van der Waals surface area contributed by atoms with Crippen LogP contribution in [-0.4, -0.2) is 48.3 Å². The van der Waals surface area contributed by atoms with Crippen LogP contribution in [-0.2, 0) is 14.3 Å². The molecule has 0 aliphatic rings. The van der Waals surface area contributed by atoms with Crippen LogP contribution in [0, 0.1) is 0 Å². The number of Topliss-reactive ketones (excluding diaryl/α,β-unsaturated/α-hetero) is 1. The van der Waals surface area contributed by atoms with E-state index in [4.69, 9.17) is 14.2 Å². The molecule has 164 valence electrons. The van der Waals surface area contributed by atoms with Crippen LogP contribution in [0.25, 0.3) is 0 Å². The molecule has 0 saturated heterocycles. The van der Waals surface area contributed by atoms with Crippen molar-refractivity contribution >= 4 is 17.8 Å². The predicted octanol–water partition coefficient (Wildman–Crippen LogP) is 3.26. The molecule has 2 aromatic carbocycles. The van der Waals surface area contributed by atoms with Crippen LogP contribution in [0.3, 0.4) is 0 Å². The Morgan fingerprint density at radius 1 is 1.06 bits per heavy atom. The first-order valence-corrected chi connectivity index (χ1v) is 9.61. The van der Waals surface area contributed by atoms with Gasteiger partial charge < -0.3 is 24.6 Å². The molecule has 0 aliphatic carbocycles. The summed E-state index contributed by atoms with van der Waals surface area (Å²) in [6.45, 7) is 4.30. The zero-order valence-corrected chi connectivity index (χ0v) is 17.2. The van der Waals surface area contributed by atoms with Gasteiger partial charge in [-0.05, 0) is 37.3 Å². The zero-order valence-electron chi connectivity index (χ0n) is 17.2. The molecule has 1 amide bonds. The summed E-state index contributed by atoms with van der Waals surface area (Å²) in [6, 6.07) is 14.5. The first kappa shape index (κ1) is 23.6. The van der Waals surface area contributed by atoms with Gasteiger partial charge in [-0.15, -0.1) is 0 Å². The molecule has 2 rings (SSSR count). The Labute approximate surface area is 180 Å². The minimum Gasteiger partial charge on any atom is -0.459 e. The Morgan fingerprint density at radius 2 is 1.77 bits per heavy atom. The van der Waals surface area contributed by atoms with Gasteiger partial charge in [0, 0.05) is 6.42 Å². The maximum atomic E-state index is 12.4. The number of ether oxygens (including phenoxy) is 3. The lowest BCUT2D eigenvalue weighted by Gasteiger charge is -2.22. The van der Waals surface area contributed by atoms with Crippen molar-refractivity contribution in [2.24, 2.45) is 0 Å². The number of alkyl carbamates (subject to hydrolysis) is 1. The number of carbonyl (C=O) groups excluding carboxylic acids is 3. The van der Waals surface area contributed by atoms with Crippen molar-refractivity contribution in [3.8, 4) is 11.5 Å². The molecule has 0 spiro atoms. The standard InChI is InChI=1S/C23H25NO7/c1-3-12-29-23(28)24-20(13-16(2)25)21(26)15-30-22(27)17-8-7-11-19(14-17)31-18-9-5-4-6-10-18/h3-11,14,20-21,26H,1,12-13,15H2,2H3,(H,24,28)/t20-,21?/m0/s1. The molecule has 0 radical (unpaired) electrons. The van der Waals surface area contributed by atoms with Gasteiger partial charge in [-0.25, -0.2) is 9.59 Å². The number of rotatable bonds is 11. The Balaban J connectivity index is 1.95.